The number of hydrogen-bond acceptors (Lipinski definition) is 4. The number of ether oxygens (including phenoxy) is 2. The summed E-state index contributed by atoms with van der Waals surface area (Å²) in [6, 6.07) is 0. The van der Waals surface area contributed by atoms with Crippen LogP contribution >= 0.6 is 0 Å². The van der Waals surface area contributed by atoms with Crippen LogP contribution in [0.5, 0.6) is 0 Å². The number of piperidine rings is 1. The van der Waals surface area contributed by atoms with Crippen LogP contribution in [-0.2, 0) is 14.3 Å². The van der Waals surface area contributed by atoms with E-state index in [4.69, 9.17) is 9.47 Å². The smallest absolute Gasteiger partial charge is 0.220 e. The molecule has 1 fully saturated rings. The zero-order valence-corrected chi connectivity index (χ0v) is 12.2. The highest BCUT2D eigenvalue weighted by Crippen LogP contribution is 2.15. The lowest BCUT2D eigenvalue weighted by atomic mass is 9.94. The van der Waals surface area contributed by atoms with Gasteiger partial charge < -0.3 is 20.1 Å². The molecule has 5 nitrogen and oxygen atoms in total. The third-order valence-corrected chi connectivity index (χ3v) is 3.35. The Morgan fingerprint density at radius 3 is 2.68 bits per heavy atom. The molecule has 19 heavy (non-hydrogen) atoms. The van der Waals surface area contributed by atoms with Crippen molar-refractivity contribution in [2.75, 3.05) is 32.8 Å². The van der Waals surface area contributed by atoms with Gasteiger partial charge in [-0.2, -0.15) is 0 Å². The topological polar surface area (TPSA) is 59.6 Å². The highest BCUT2D eigenvalue weighted by molar-refractivity contribution is 5.75. The number of carbonyl (C=O) groups excluding carboxylic acids is 1. The van der Waals surface area contributed by atoms with E-state index in [1.54, 1.807) is 0 Å². The van der Waals surface area contributed by atoms with Gasteiger partial charge in [0.05, 0.1) is 6.54 Å². The van der Waals surface area contributed by atoms with Crippen molar-refractivity contribution in [2.24, 2.45) is 5.92 Å². The third-order valence-electron chi connectivity index (χ3n) is 3.35. The Kier molecular flexibility index (Phi) is 8.79. The first-order valence-electron chi connectivity index (χ1n) is 7.46. The molecule has 1 saturated heterocycles. The van der Waals surface area contributed by atoms with Crippen LogP contribution in [0.25, 0.3) is 0 Å². The van der Waals surface area contributed by atoms with Gasteiger partial charge in [0.2, 0.25) is 5.91 Å². The summed E-state index contributed by atoms with van der Waals surface area (Å²) in [5, 5.41) is 6.25. The van der Waals surface area contributed by atoms with Crippen molar-refractivity contribution in [1.29, 1.82) is 0 Å². The first-order chi connectivity index (χ1) is 9.26. The van der Waals surface area contributed by atoms with Crippen molar-refractivity contribution in [1.82, 2.24) is 10.6 Å². The fourth-order valence-electron chi connectivity index (χ4n) is 2.33. The summed E-state index contributed by atoms with van der Waals surface area (Å²) in [5.41, 5.74) is 0. The lowest BCUT2D eigenvalue weighted by molar-refractivity contribution is -0.140. The minimum Gasteiger partial charge on any atom is -0.351 e. The average molecular weight is 272 g/mol. The van der Waals surface area contributed by atoms with Gasteiger partial charge >= 0.3 is 0 Å². The lowest BCUT2D eigenvalue weighted by Gasteiger charge is -2.22. The van der Waals surface area contributed by atoms with Gasteiger partial charge in [-0.05, 0) is 52.1 Å². The molecule has 5 heteroatoms. The Bertz CT molecular complexity index is 237. The highest BCUT2D eigenvalue weighted by Gasteiger charge is 2.15. The number of hydrogen-bond donors (Lipinski definition) is 2. The Morgan fingerprint density at radius 1 is 1.37 bits per heavy atom. The fourth-order valence-corrected chi connectivity index (χ4v) is 2.33. The molecular formula is C14H28N2O3. The third kappa shape index (κ3) is 7.50. The SMILES string of the molecule is CCOC(CNC(=O)CCC1CCCNC1)OCC. The summed E-state index contributed by atoms with van der Waals surface area (Å²) in [6.45, 7) is 7.63. The van der Waals surface area contributed by atoms with E-state index in [1.165, 1.54) is 12.8 Å². The van der Waals surface area contributed by atoms with E-state index in [0.717, 1.165) is 19.5 Å². The molecular weight excluding hydrogens is 244 g/mol. The Morgan fingerprint density at radius 2 is 2.11 bits per heavy atom. The Balaban J connectivity index is 2.11. The molecule has 1 rings (SSSR count). The monoisotopic (exact) mass is 272 g/mol. The molecule has 0 spiro atoms. The van der Waals surface area contributed by atoms with Crippen molar-refractivity contribution in [3.63, 3.8) is 0 Å². The standard InChI is InChI=1S/C14H28N2O3/c1-3-18-14(19-4-2)11-16-13(17)8-7-12-6-5-9-15-10-12/h12,14-15H,3-11H2,1-2H3,(H,16,17). The molecule has 112 valence electrons. The van der Waals surface area contributed by atoms with Crippen LogP contribution in [0.1, 0.15) is 39.5 Å². The van der Waals surface area contributed by atoms with Crippen molar-refractivity contribution < 1.29 is 14.3 Å². The summed E-state index contributed by atoms with van der Waals surface area (Å²) in [7, 11) is 0. The predicted octanol–water partition coefficient (Wildman–Crippen LogP) is 1.28. The van der Waals surface area contributed by atoms with Gasteiger partial charge in [0.1, 0.15) is 0 Å². The van der Waals surface area contributed by atoms with E-state index >= 15 is 0 Å². The maximum Gasteiger partial charge on any atom is 0.220 e. The second kappa shape index (κ2) is 10.2. The first-order valence-corrected chi connectivity index (χ1v) is 7.46. The molecule has 1 aliphatic rings. The van der Waals surface area contributed by atoms with Gasteiger partial charge in [-0.1, -0.05) is 0 Å². The normalized spacial score (nSPS) is 19.6. The molecule has 1 heterocycles. The second-order valence-electron chi connectivity index (χ2n) is 4.90. The van der Waals surface area contributed by atoms with Crippen LogP contribution in [0.3, 0.4) is 0 Å². The van der Waals surface area contributed by atoms with Gasteiger partial charge in [0.15, 0.2) is 6.29 Å². The molecule has 0 bridgehead atoms. The first kappa shape index (κ1) is 16.4. The van der Waals surface area contributed by atoms with E-state index in [-0.39, 0.29) is 12.2 Å². The van der Waals surface area contributed by atoms with E-state index in [1.807, 2.05) is 13.8 Å². The maximum absolute atomic E-state index is 11.8. The van der Waals surface area contributed by atoms with Crippen LogP contribution < -0.4 is 10.6 Å². The van der Waals surface area contributed by atoms with Gasteiger partial charge in [0.25, 0.3) is 0 Å². The zero-order valence-electron chi connectivity index (χ0n) is 12.2. The number of rotatable bonds is 9. The molecule has 1 unspecified atom stereocenters. The molecule has 2 N–H and O–H groups in total. The van der Waals surface area contributed by atoms with Gasteiger partial charge in [-0.3, -0.25) is 4.79 Å². The fraction of sp³-hybridized carbons (Fsp3) is 0.929. The molecule has 1 aliphatic heterocycles. The highest BCUT2D eigenvalue weighted by atomic mass is 16.7. The van der Waals surface area contributed by atoms with Crippen molar-refractivity contribution in [3.05, 3.63) is 0 Å². The summed E-state index contributed by atoms with van der Waals surface area (Å²) in [6.07, 6.45) is 3.70. The minimum atomic E-state index is -0.324. The number of carbonyl (C=O) groups is 1. The summed E-state index contributed by atoms with van der Waals surface area (Å²) in [4.78, 5) is 11.8. The summed E-state index contributed by atoms with van der Waals surface area (Å²) < 4.78 is 10.8. The van der Waals surface area contributed by atoms with Gasteiger partial charge in [-0.15, -0.1) is 0 Å². The molecule has 1 amide bonds. The predicted molar refractivity (Wildman–Crippen MR) is 74.9 cm³/mol. The molecule has 1 atom stereocenters. The molecule has 0 radical (unpaired) electrons. The van der Waals surface area contributed by atoms with Crippen LogP contribution in [-0.4, -0.2) is 45.0 Å². The van der Waals surface area contributed by atoms with E-state index in [9.17, 15) is 4.79 Å². The van der Waals surface area contributed by atoms with Crippen molar-refractivity contribution in [3.8, 4) is 0 Å². The molecule has 0 aromatic carbocycles. The average Bonchev–Trinajstić information content (AvgIpc) is 2.44. The second-order valence-corrected chi connectivity index (χ2v) is 4.90. The van der Waals surface area contributed by atoms with Crippen LogP contribution in [0, 0.1) is 5.92 Å². The molecule has 0 saturated carbocycles. The Labute approximate surface area is 116 Å². The zero-order chi connectivity index (χ0) is 13.9. The van der Waals surface area contributed by atoms with Gasteiger partial charge in [0, 0.05) is 19.6 Å². The van der Waals surface area contributed by atoms with Crippen LogP contribution in [0.15, 0.2) is 0 Å². The minimum absolute atomic E-state index is 0.0926. The van der Waals surface area contributed by atoms with Crippen molar-refractivity contribution >= 4 is 5.91 Å². The maximum atomic E-state index is 11.8. The van der Waals surface area contributed by atoms with Crippen LogP contribution in [0.2, 0.25) is 0 Å². The quantitative estimate of drug-likeness (QED) is 0.621. The van der Waals surface area contributed by atoms with Gasteiger partial charge in [-0.25, -0.2) is 0 Å². The largest absolute Gasteiger partial charge is 0.351 e. The molecule has 0 aliphatic carbocycles. The molecule has 0 aromatic heterocycles. The van der Waals surface area contributed by atoms with E-state index in [0.29, 0.717) is 32.1 Å². The Hall–Kier alpha value is -0.650. The lowest BCUT2D eigenvalue weighted by Crippen LogP contribution is -2.36. The van der Waals surface area contributed by atoms with E-state index in [2.05, 4.69) is 10.6 Å². The summed E-state index contributed by atoms with van der Waals surface area (Å²) >= 11 is 0. The van der Waals surface area contributed by atoms with Crippen LogP contribution in [0.4, 0.5) is 0 Å². The number of amides is 1. The summed E-state index contributed by atoms with van der Waals surface area (Å²) in [5.74, 6) is 0.740. The number of nitrogens with one attached hydrogen (secondary N) is 2. The van der Waals surface area contributed by atoms with E-state index < -0.39 is 0 Å². The molecule has 0 aromatic rings. The van der Waals surface area contributed by atoms with Crippen molar-refractivity contribution in [2.45, 2.75) is 45.8 Å².